The van der Waals surface area contributed by atoms with Gasteiger partial charge in [0, 0.05) is 25.7 Å². The standard InChI is InChI=1S/C34H38N2O6/c1-35(32-14-10-18-42-32)34(37)33(24-11-7-6-8-12-24)36-17-9-13-25-21-30(40-4)31(41-5)22-26(25)27(36)19-23-15-16-28(38-2)29(20-23)39-3/h6-8,10-12,14-16,18,20-22,27,33H,9,13,17,19H2,1-5H3. The molecule has 5 rings (SSSR count). The van der Waals surface area contributed by atoms with E-state index in [0.29, 0.717) is 41.8 Å². The normalized spacial score (nSPS) is 15.7. The molecule has 1 aliphatic heterocycles. The first-order valence-electron chi connectivity index (χ1n) is 14.1. The zero-order valence-corrected chi connectivity index (χ0v) is 24.8. The summed E-state index contributed by atoms with van der Waals surface area (Å²) in [5.74, 6) is 3.11. The van der Waals surface area contributed by atoms with Crippen LogP contribution < -0.4 is 23.8 Å². The van der Waals surface area contributed by atoms with Crippen molar-refractivity contribution >= 4 is 11.8 Å². The molecule has 0 radical (unpaired) electrons. The molecule has 8 heteroatoms. The first kappa shape index (κ1) is 29.1. The van der Waals surface area contributed by atoms with E-state index in [-0.39, 0.29) is 11.9 Å². The summed E-state index contributed by atoms with van der Waals surface area (Å²) in [6.07, 6.45) is 3.92. The monoisotopic (exact) mass is 570 g/mol. The average molecular weight is 571 g/mol. The van der Waals surface area contributed by atoms with Gasteiger partial charge in [0.05, 0.1) is 34.7 Å². The highest BCUT2D eigenvalue weighted by Crippen LogP contribution is 2.43. The van der Waals surface area contributed by atoms with Gasteiger partial charge in [0.15, 0.2) is 23.0 Å². The van der Waals surface area contributed by atoms with Gasteiger partial charge in [0.25, 0.3) is 5.91 Å². The van der Waals surface area contributed by atoms with E-state index < -0.39 is 6.04 Å². The van der Waals surface area contributed by atoms with Gasteiger partial charge in [-0.1, -0.05) is 36.4 Å². The van der Waals surface area contributed by atoms with Crippen molar-refractivity contribution in [2.45, 2.75) is 31.3 Å². The van der Waals surface area contributed by atoms with Crippen LogP contribution in [0.5, 0.6) is 23.0 Å². The van der Waals surface area contributed by atoms with Crippen LogP contribution in [0.15, 0.2) is 83.5 Å². The maximum atomic E-state index is 14.4. The number of carbonyl (C=O) groups excluding carboxylic acids is 1. The first-order valence-corrected chi connectivity index (χ1v) is 14.1. The van der Waals surface area contributed by atoms with Crippen molar-refractivity contribution in [3.63, 3.8) is 0 Å². The van der Waals surface area contributed by atoms with Gasteiger partial charge < -0.3 is 23.4 Å². The summed E-state index contributed by atoms with van der Waals surface area (Å²) in [4.78, 5) is 18.3. The third-order valence-corrected chi connectivity index (χ3v) is 7.99. The van der Waals surface area contributed by atoms with Crippen LogP contribution in [-0.4, -0.2) is 52.8 Å². The Balaban J connectivity index is 1.67. The summed E-state index contributed by atoms with van der Waals surface area (Å²) in [7, 11) is 8.34. The van der Waals surface area contributed by atoms with E-state index in [1.807, 2.05) is 42.5 Å². The van der Waals surface area contributed by atoms with Crippen molar-refractivity contribution in [2.75, 3.05) is 46.9 Å². The zero-order valence-electron chi connectivity index (χ0n) is 24.8. The molecule has 1 aromatic heterocycles. The highest BCUT2D eigenvalue weighted by Gasteiger charge is 2.38. The molecular weight excluding hydrogens is 532 g/mol. The third-order valence-electron chi connectivity index (χ3n) is 7.99. The minimum atomic E-state index is -0.564. The van der Waals surface area contributed by atoms with Crippen LogP contribution in [0.1, 0.15) is 40.8 Å². The molecule has 220 valence electrons. The van der Waals surface area contributed by atoms with Crippen LogP contribution in [0, 0.1) is 0 Å². The molecule has 1 aliphatic rings. The van der Waals surface area contributed by atoms with Crippen LogP contribution >= 0.6 is 0 Å². The first-order chi connectivity index (χ1) is 20.5. The van der Waals surface area contributed by atoms with E-state index in [1.54, 1.807) is 58.8 Å². The zero-order chi connectivity index (χ0) is 29.6. The summed E-state index contributed by atoms with van der Waals surface area (Å²) in [5.41, 5.74) is 4.26. The highest BCUT2D eigenvalue weighted by atomic mass is 16.5. The molecule has 3 aromatic carbocycles. The second-order valence-electron chi connectivity index (χ2n) is 10.3. The molecule has 2 atom stereocenters. The molecule has 2 unspecified atom stereocenters. The maximum Gasteiger partial charge on any atom is 0.251 e. The second kappa shape index (κ2) is 13.0. The summed E-state index contributed by atoms with van der Waals surface area (Å²) >= 11 is 0. The van der Waals surface area contributed by atoms with E-state index >= 15 is 0 Å². The Hall–Kier alpha value is -4.43. The van der Waals surface area contributed by atoms with Gasteiger partial charge in [-0.25, -0.2) is 0 Å². The molecule has 2 heterocycles. The Morgan fingerprint density at radius 3 is 2.24 bits per heavy atom. The van der Waals surface area contributed by atoms with Crippen molar-refractivity contribution in [1.29, 1.82) is 0 Å². The molecule has 0 fully saturated rings. The van der Waals surface area contributed by atoms with E-state index in [2.05, 4.69) is 23.1 Å². The van der Waals surface area contributed by atoms with Crippen LogP contribution in [0.25, 0.3) is 0 Å². The lowest BCUT2D eigenvalue weighted by Crippen LogP contribution is -2.44. The van der Waals surface area contributed by atoms with Crippen LogP contribution in [-0.2, 0) is 17.6 Å². The highest BCUT2D eigenvalue weighted by molar-refractivity contribution is 5.96. The number of methoxy groups -OCH3 is 4. The van der Waals surface area contributed by atoms with Crippen molar-refractivity contribution < 1.29 is 28.2 Å². The van der Waals surface area contributed by atoms with E-state index in [0.717, 1.165) is 29.5 Å². The van der Waals surface area contributed by atoms with Crippen LogP contribution in [0.2, 0.25) is 0 Å². The summed E-state index contributed by atoms with van der Waals surface area (Å²) in [6, 6.07) is 23.0. The van der Waals surface area contributed by atoms with Gasteiger partial charge in [-0.2, -0.15) is 0 Å². The molecule has 0 N–H and O–H groups in total. The number of furan rings is 1. The van der Waals surface area contributed by atoms with E-state index in [9.17, 15) is 4.79 Å². The number of hydrogen-bond acceptors (Lipinski definition) is 7. The molecule has 42 heavy (non-hydrogen) atoms. The number of hydrogen-bond donors (Lipinski definition) is 0. The largest absolute Gasteiger partial charge is 0.493 e. The average Bonchev–Trinajstić information content (AvgIpc) is 3.52. The Kier molecular flexibility index (Phi) is 9.03. The predicted molar refractivity (Wildman–Crippen MR) is 162 cm³/mol. The predicted octanol–water partition coefficient (Wildman–Crippen LogP) is 6.25. The number of nitrogens with zero attached hydrogens (tertiary/aromatic N) is 2. The lowest BCUT2D eigenvalue weighted by Gasteiger charge is -2.38. The number of ether oxygens (including phenoxy) is 4. The molecule has 0 bridgehead atoms. The van der Waals surface area contributed by atoms with Gasteiger partial charge in [0.2, 0.25) is 5.88 Å². The minimum absolute atomic E-state index is 0.0719. The smallest absolute Gasteiger partial charge is 0.251 e. The summed E-state index contributed by atoms with van der Waals surface area (Å²) in [6.45, 7) is 0.703. The Bertz CT molecular complexity index is 1490. The fourth-order valence-corrected chi connectivity index (χ4v) is 5.88. The van der Waals surface area contributed by atoms with Gasteiger partial charge in [-0.15, -0.1) is 0 Å². The number of aryl methyl sites for hydroxylation is 1. The number of benzene rings is 3. The quantitative estimate of drug-likeness (QED) is 0.223. The van der Waals surface area contributed by atoms with Crippen molar-refractivity contribution in [3.8, 4) is 23.0 Å². The van der Waals surface area contributed by atoms with E-state index in [1.165, 1.54) is 5.56 Å². The molecule has 0 saturated heterocycles. The van der Waals surface area contributed by atoms with E-state index in [4.69, 9.17) is 23.4 Å². The molecule has 0 spiro atoms. The number of rotatable bonds is 10. The molecule has 4 aromatic rings. The molecule has 0 aliphatic carbocycles. The number of likely N-dealkylation sites (N-methyl/N-ethyl adjacent to an activating group) is 1. The Morgan fingerprint density at radius 2 is 1.57 bits per heavy atom. The van der Waals surface area contributed by atoms with Crippen LogP contribution in [0.4, 0.5) is 5.88 Å². The van der Waals surface area contributed by atoms with Crippen molar-refractivity contribution in [1.82, 2.24) is 4.90 Å². The third kappa shape index (κ3) is 5.81. The molecular formula is C34H38N2O6. The fourth-order valence-electron chi connectivity index (χ4n) is 5.88. The lowest BCUT2D eigenvalue weighted by molar-refractivity contribution is -0.125. The number of anilines is 1. The lowest BCUT2D eigenvalue weighted by atomic mass is 9.91. The van der Waals surface area contributed by atoms with Gasteiger partial charge in [0.1, 0.15) is 6.04 Å². The topological polar surface area (TPSA) is 73.6 Å². The maximum absolute atomic E-state index is 14.4. The van der Waals surface area contributed by atoms with Crippen molar-refractivity contribution in [3.05, 3.63) is 101 Å². The molecule has 1 amide bonds. The summed E-state index contributed by atoms with van der Waals surface area (Å²) in [5, 5.41) is 0. The van der Waals surface area contributed by atoms with Gasteiger partial charge in [-0.3, -0.25) is 14.6 Å². The fraction of sp³-hybridized carbons (Fsp3) is 0.324. The number of carbonyl (C=O) groups is 1. The number of amides is 1. The Labute approximate surface area is 247 Å². The van der Waals surface area contributed by atoms with Crippen molar-refractivity contribution in [2.24, 2.45) is 0 Å². The summed E-state index contributed by atoms with van der Waals surface area (Å²) < 4.78 is 28.2. The molecule has 8 nitrogen and oxygen atoms in total. The Morgan fingerprint density at radius 1 is 0.881 bits per heavy atom. The van der Waals surface area contributed by atoms with Crippen LogP contribution in [0.3, 0.4) is 0 Å². The van der Waals surface area contributed by atoms with Gasteiger partial charge >= 0.3 is 0 Å². The minimum Gasteiger partial charge on any atom is -0.493 e. The van der Waals surface area contributed by atoms with Gasteiger partial charge in [-0.05, 0) is 71.8 Å². The second-order valence-corrected chi connectivity index (χ2v) is 10.3. The number of fused-ring (bicyclic) bond motifs is 1. The molecule has 0 saturated carbocycles. The SMILES string of the molecule is COc1ccc(CC2c3cc(OC)c(OC)cc3CCCN2C(C(=O)N(C)c2ccco2)c2ccccc2)cc1OC.